The second-order valence-electron chi connectivity index (χ2n) is 5.24. The fraction of sp³-hybridized carbons (Fsp3) is 0.769. The minimum atomic E-state index is 0.306. The van der Waals surface area contributed by atoms with E-state index in [-0.39, 0.29) is 0 Å². The molecular formula is C13H23N3O. The van der Waals surface area contributed by atoms with E-state index >= 15 is 0 Å². The number of hydrogen-bond donors (Lipinski definition) is 2. The Morgan fingerprint density at radius 3 is 2.47 bits per heavy atom. The van der Waals surface area contributed by atoms with Gasteiger partial charge in [-0.05, 0) is 46.5 Å². The van der Waals surface area contributed by atoms with Gasteiger partial charge in [-0.15, -0.1) is 0 Å². The predicted octanol–water partition coefficient (Wildman–Crippen LogP) is 2.21. The lowest BCUT2D eigenvalue weighted by Crippen LogP contribution is -2.38. The molecule has 1 heterocycles. The van der Waals surface area contributed by atoms with Crippen molar-refractivity contribution in [1.29, 1.82) is 0 Å². The summed E-state index contributed by atoms with van der Waals surface area (Å²) < 4.78 is 5.21. The Hall–Kier alpha value is -0.870. The molecule has 1 aromatic rings. The smallest absolute Gasteiger partial charge is 0.138 e. The fourth-order valence-electron chi connectivity index (χ4n) is 2.83. The van der Waals surface area contributed by atoms with Crippen LogP contribution in [0.15, 0.2) is 4.52 Å². The van der Waals surface area contributed by atoms with Crippen LogP contribution in [-0.2, 0) is 0 Å². The lowest BCUT2D eigenvalue weighted by atomic mass is 9.91. The van der Waals surface area contributed by atoms with Gasteiger partial charge in [0.1, 0.15) is 5.76 Å². The van der Waals surface area contributed by atoms with Gasteiger partial charge >= 0.3 is 0 Å². The molecule has 1 unspecified atom stereocenters. The van der Waals surface area contributed by atoms with Crippen LogP contribution in [0.1, 0.15) is 55.7 Å². The van der Waals surface area contributed by atoms with Crippen LogP contribution in [0, 0.1) is 13.8 Å². The molecule has 1 aliphatic carbocycles. The Morgan fingerprint density at radius 2 is 1.94 bits per heavy atom. The second kappa shape index (κ2) is 5.19. The highest BCUT2D eigenvalue weighted by Gasteiger charge is 2.23. The number of rotatable bonds is 3. The molecule has 0 bridgehead atoms. The zero-order chi connectivity index (χ0) is 12.4. The number of aromatic nitrogens is 1. The summed E-state index contributed by atoms with van der Waals surface area (Å²) in [4.78, 5) is 0. The largest absolute Gasteiger partial charge is 0.361 e. The van der Waals surface area contributed by atoms with Crippen molar-refractivity contribution in [3.05, 3.63) is 17.0 Å². The molecule has 1 fully saturated rings. The normalized spacial score (nSPS) is 27.1. The summed E-state index contributed by atoms with van der Waals surface area (Å²) in [6.45, 7) is 6.16. The van der Waals surface area contributed by atoms with Crippen molar-refractivity contribution in [2.75, 3.05) is 0 Å². The quantitative estimate of drug-likeness (QED) is 0.846. The fourth-order valence-corrected chi connectivity index (χ4v) is 2.83. The van der Waals surface area contributed by atoms with Crippen molar-refractivity contribution in [1.82, 2.24) is 10.5 Å². The van der Waals surface area contributed by atoms with Crippen molar-refractivity contribution >= 4 is 0 Å². The van der Waals surface area contributed by atoms with Crippen LogP contribution < -0.4 is 11.1 Å². The molecule has 0 aromatic carbocycles. The molecule has 4 nitrogen and oxygen atoms in total. The van der Waals surface area contributed by atoms with E-state index in [0.717, 1.165) is 24.3 Å². The van der Waals surface area contributed by atoms with E-state index in [0.29, 0.717) is 18.1 Å². The Balaban J connectivity index is 1.95. The minimum absolute atomic E-state index is 0.306. The van der Waals surface area contributed by atoms with Gasteiger partial charge in [0, 0.05) is 23.7 Å². The molecule has 0 saturated heterocycles. The van der Waals surface area contributed by atoms with Gasteiger partial charge in [0.2, 0.25) is 0 Å². The Morgan fingerprint density at radius 1 is 1.29 bits per heavy atom. The highest BCUT2D eigenvalue weighted by molar-refractivity contribution is 5.24. The molecule has 0 amide bonds. The first-order chi connectivity index (χ1) is 8.08. The third kappa shape index (κ3) is 2.87. The molecule has 1 saturated carbocycles. The van der Waals surface area contributed by atoms with Gasteiger partial charge in [0.15, 0.2) is 0 Å². The van der Waals surface area contributed by atoms with Crippen molar-refractivity contribution in [3.63, 3.8) is 0 Å². The van der Waals surface area contributed by atoms with E-state index in [1.165, 1.54) is 18.4 Å². The molecular weight excluding hydrogens is 214 g/mol. The molecule has 2 rings (SSSR count). The van der Waals surface area contributed by atoms with Gasteiger partial charge in [-0.2, -0.15) is 0 Å². The molecule has 3 N–H and O–H groups in total. The van der Waals surface area contributed by atoms with Crippen LogP contribution in [0.4, 0.5) is 0 Å². The number of nitrogens with zero attached hydrogens (tertiary/aromatic N) is 1. The highest BCUT2D eigenvalue weighted by Crippen LogP contribution is 2.24. The average Bonchev–Trinajstić information content (AvgIpc) is 2.62. The van der Waals surface area contributed by atoms with Gasteiger partial charge in [0.25, 0.3) is 0 Å². The second-order valence-corrected chi connectivity index (χ2v) is 5.24. The standard InChI is InChI=1S/C13H23N3O/c1-8(13-9(2)16-17-10(13)3)15-12-6-4-11(14)5-7-12/h8,11-12,15H,4-7,14H2,1-3H3. The number of hydrogen-bond acceptors (Lipinski definition) is 4. The van der Waals surface area contributed by atoms with Crippen molar-refractivity contribution in [2.45, 2.75) is 64.6 Å². The van der Waals surface area contributed by atoms with E-state index in [1.807, 2.05) is 13.8 Å². The molecule has 4 heteroatoms. The summed E-state index contributed by atoms with van der Waals surface area (Å²) in [5.41, 5.74) is 8.12. The minimum Gasteiger partial charge on any atom is -0.361 e. The van der Waals surface area contributed by atoms with Gasteiger partial charge in [-0.1, -0.05) is 5.16 Å². The van der Waals surface area contributed by atoms with E-state index < -0.39 is 0 Å². The van der Waals surface area contributed by atoms with Crippen LogP contribution in [0.3, 0.4) is 0 Å². The molecule has 0 aliphatic heterocycles. The maximum atomic E-state index is 5.92. The summed E-state index contributed by atoms with van der Waals surface area (Å²) >= 11 is 0. The average molecular weight is 237 g/mol. The molecule has 1 atom stereocenters. The SMILES string of the molecule is Cc1noc(C)c1C(C)NC1CCC(N)CC1. The third-order valence-electron chi connectivity index (χ3n) is 3.78. The maximum Gasteiger partial charge on any atom is 0.138 e. The molecule has 0 radical (unpaired) electrons. The van der Waals surface area contributed by atoms with Crippen molar-refractivity contribution < 1.29 is 4.52 Å². The first kappa shape index (κ1) is 12.6. The summed E-state index contributed by atoms with van der Waals surface area (Å²) in [7, 11) is 0. The van der Waals surface area contributed by atoms with Crippen LogP contribution in [0.5, 0.6) is 0 Å². The Labute approximate surface area is 103 Å². The van der Waals surface area contributed by atoms with Crippen LogP contribution in [0.2, 0.25) is 0 Å². The summed E-state index contributed by atoms with van der Waals surface area (Å²) in [6, 6.07) is 1.29. The first-order valence-corrected chi connectivity index (χ1v) is 6.52. The molecule has 1 aromatic heterocycles. The lowest BCUT2D eigenvalue weighted by molar-refractivity contribution is 0.320. The van der Waals surface area contributed by atoms with Crippen LogP contribution >= 0.6 is 0 Å². The van der Waals surface area contributed by atoms with E-state index in [2.05, 4.69) is 17.4 Å². The predicted molar refractivity (Wildman–Crippen MR) is 67.8 cm³/mol. The van der Waals surface area contributed by atoms with Crippen LogP contribution in [0.25, 0.3) is 0 Å². The summed E-state index contributed by atoms with van der Waals surface area (Å²) in [5, 5.41) is 7.68. The van der Waals surface area contributed by atoms with Gasteiger partial charge in [-0.3, -0.25) is 0 Å². The number of nitrogens with one attached hydrogen (secondary N) is 1. The summed E-state index contributed by atoms with van der Waals surface area (Å²) in [5.74, 6) is 0.926. The zero-order valence-electron chi connectivity index (χ0n) is 11.0. The third-order valence-corrected chi connectivity index (χ3v) is 3.78. The molecule has 0 spiro atoms. The molecule has 1 aliphatic rings. The van der Waals surface area contributed by atoms with Crippen molar-refractivity contribution in [3.8, 4) is 0 Å². The summed E-state index contributed by atoms with van der Waals surface area (Å²) in [6.07, 6.45) is 4.61. The topological polar surface area (TPSA) is 64.1 Å². The Bertz CT molecular complexity index is 347. The van der Waals surface area contributed by atoms with E-state index in [9.17, 15) is 0 Å². The molecule has 96 valence electrons. The number of aryl methyl sites for hydroxylation is 2. The maximum absolute atomic E-state index is 5.92. The lowest BCUT2D eigenvalue weighted by Gasteiger charge is -2.29. The highest BCUT2D eigenvalue weighted by atomic mass is 16.5. The Kier molecular flexibility index (Phi) is 3.84. The van der Waals surface area contributed by atoms with Gasteiger partial charge in [-0.25, -0.2) is 0 Å². The number of nitrogens with two attached hydrogens (primary N) is 1. The zero-order valence-corrected chi connectivity index (χ0v) is 11.0. The monoisotopic (exact) mass is 237 g/mol. The van der Waals surface area contributed by atoms with Gasteiger partial charge in [0.05, 0.1) is 5.69 Å². The van der Waals surface area contributed by atoms with E-state index in [4.69, 9.17) is 10.3 Å². The van der Waals surface area contributed by atoms with Crippen LogP contribution in [-0.4, -0.2) is 17.2 Å². The first-order valence-electron chi connectivity index (χ1n) is 6.52. The van der Waals surface area contributed by atoms with Gasteiger partial charge < -0.3 is 15.6 Å². The van der Waals surface area contributed by atoms with E-state index in [1.54, 1.807) is 0 Å². The molecule has 17 heavy (non-hydrogen) atoms. The van der Waals surface area contributed by atoms with Crippen molar-refractivity contribution in [2.24, 2.45) is 5.73 Å².